The lowest BCUT2D eigenvalue weighted by atomic mass is 10.0. The number of likely N-dealkylation sites (tertiary alicyclic amines) is 1. The van der Waals surface area contributed by atoms with E-state index in [2.05, 4.69) is 17.4 Å². The van der Waals surface area contributed by atoms with Gasteiger partial charge in [0.1, 0.15) is 0 Å². The highest BCUT2D eigenvalue weighted by Gasteiger charge is 2.25. The number of benzene rings is 1. The van der Waals surface area contributed by atoms with Crippen LogP contribution in [0.5, 0.6) is 0 Å². The number of rotatable bonds is 6. The molecule has 116 valence electrons. The first-order chi connectivity index (χ1) is 10.3. The van der Waals surface area contributed by atoms with Crippen LogP contribution in [0.3, 0.4) is 0 Å². The number of hydrogen-bond donors (Lipinski definition) is 2. The molecule has 0 saturated carbocycles. The summed E-state index contributed by atoms with van der Waals surface area (Å²) in [7, 11) is 0. The van der Waals surface area contributed by atoms with Crippen LogP contribution in [0, 0.1) is 0 Å². The predicted molar refractivity (Wildman–Crippen MR) is 84.2 cm³/mol. The number of piperidine rings is 1. The number of carbonyl (C=O) groups is 1. The summed E-state index contributed by atoms with van der Waals surface area (Å²) >= 11 is 0. The highest BCUT2D eigenvalue weighted by Crippen LogP contribution is 2.19. The Morgan fingerprint density at radius 2 is 2.10 bits per heavy atom. The first-order valence-corrected chi connectivity index (χ1v) is 8.00. The normalized spacial score (nSPS) is 18.5. The van der Waals surface area contributed by atoms with E-state index in [1.165, 1.54) is 5.56 Å². The van der Waals surface area contributed by atoms with Crippen molar-refractivity contribution in [2.45, 2.75) is 44.6 Å². The molecule has 4 heteroatoms. The fraction of sp³-hybridized carbons (Fsp3) is 0.588. The van der Waals surface area contributed by atoms with Crippen molar-refractivity contribution in [1.82, 2.24) is 10.2 Å². The van der Waals surface area contributed by atoms with Gasteiger partial charge in [-0.2, -0.15) is 0 Å². The molecule has 1 saturated heterocycles. The number of aliphatic hydroxyl groups excluding tert-OH is 1. The number of nitrogens with zero attached hydrogens (tertiary/aromatic N) is 1. The van der Waals surface area contributed by atoms with Gasteiger partial charge in [-0.3, -0.25) is 0 Å². The second-order valence-corrected chi connectivity index (χ2v) is 5.68. The van der Waals surface area contributed by atoms with Crippen molar-refractivity contribution >= 4 is 6.03 Å². The number of nitrogens with one attached hydrogen (secondary N) is 1. The van der Waals surface area contributed by atoms with E-state index >= 15 is 0 Å². The minimum Gasteiger partial charge on any atom is -0.396 e. The lowest BCUT2D eigenvalue weighted by molar-refractivity contribution is 0.132. The molecule has 1 aliphatic heterocycles. The highest BCUT2D eigenvalue weighted by atomic mass is 16.3. The van der Waals surface area contributed by atoms with Crippen molar-refractivity contribution in [2.24, 2.45) is 0 Å². The molecule has 2 N–H and O–H groups in total. The number of hydrogen-bond acceptors (Lipinski definition) is 2. The molecule has 0 radical (unpaired) electrons. The van der Waals surface area contributed by atoms with E-state index in [1.54, 1.807) is 0 Å². The average molecular weight is 290 g/mol. The molecule has 4 nitrogen and oxygen atoms in total. The Kier molecular flexibility index (Phi) is 6.54. The van der Waals surface area contributed by atoms with Crippen molar-refractivity contribution in [3.05, 3.63) is 35.9 Å². The van der Waals surface area contributed by atoms with Crippen LogP contribution >= 0.6 is 0 Å². The van der Waals surface area contributed by atoms with Crippen LogP contribution in [0.2, 0.25) is 0 Å². The fourth-order valence-corrected chi connectivity index (χ4v) is 2.95. The molecule has 1 aromatic rings. The van der Waals surface area contributed by atoms with Crippen LogP contribution in [0.25, 0.3) is 0 Å². The topological polar surface area (TPSA) is 52.6 Å². The molecule has 2 amide bonds. The summed E-state index contributed by atoms with van der Waals surface area (Å²) in [5.41, 5.74) is 1.31. The average Bonchev–Trinajstić information content (AvgIpc) is 2.53. The van der Waals surface area contributed by atoms with E-state index in [4.69, 9.17) is 5.11 Å². The molecule has 0 unspecified atom stereocenters. The van der Waals surface area contributed by atoms with E-state index in [9.17, 15) is 4.79 Å². The van der Waals surface area contributed by atoms with Crippen molar-refractivity contribution in [3.8, 4) is 0 Å². The van der Waals surface area contributed by atoms with Gasteiger partial charge in [-0.1, -0.05) is 30.3 Å². The maximum Gasteiger partial charge on any atom is 0.317 e. The van der Waals surface area contributed by atoms with Crippen LogP contribution in [-0.4, -0.2) is 41.8 Å². The number of carbonyl (C=O) groups excluding carboxylic acids is 1. The van der Waals surface area contributed by atoms with Gasteiger partial charge in [0.2, 0.25) is 0 Å². The Morgan fingerprint density at radius 1 is 1.29 bits per heavy atom. The molecule has 1 fully saturated rings. The highest BCUT2D eigenvalue weighted by molar-refractivity contribution is 5.74. The molecule has 0 spiro atoms. The molecule has 2 rings (SSSR count). The van der Waals surface area contributed by atoms with E-state index in [-0.39, 0.29) is 18.7 Å². The van der Waals surface area contributed by atoms with Gasteiger partial charge in [0.15, 0.2) is 0 Å². The van der Waals surface area contributed by atoms with Gasteiger partial charge in [0.05, 0.1) is 0 Å². The van der Waals surface area contributed by atoms with Crippen LogP contribution < -0.4 is 5.32 Å². The molecule has 21 heavy (non-hydrogen) atoms. The van der Waals surface area contributed by atoms with Crippen molar-refractivity contribution in [1.29, 1.82) is 0 Å². The number of aliphatic hydroxyl groups is 1. The summed E-state index contributed by atoms with van der Waals surface area (Å²) in [6.07, 6.45) is 5.87. The molecule has 0 aliphatic carbocycles. The quantitative estimate of drug-likeness (QED) is 0.791. The standard InChI is InChI=1S/C17H26N2O2/c20-14-11-16-10-4-5-13-19(16)17(21)18-12-6-9-15-7-2-1-3-8-15/h1-3,7-8,16,20H,4-6,9-14H2,(H,18,21)/t16-/m0/s1. The Hall–Kier alpha value is -1.55. The molecule has 1 aliphatic rings. The molecule has 1 aromatic carbocycles. The molecule has 0 aromatic heterocycles. The Morgan fingerprint density at radius 3 is 2.86 bits per heavy atom. The Bertz CT molecular complexity index is 420. The van der Waals surface area contributed by atoms with E-state index < -0.39 is 0 Å². The van der Waals surface area contributed by atoms with Gasteiger partial charge in [-0.25, -0.2) is 4.79 Å². The number of amides is 2. The third-order valence-electron chi connectivity index (χ3n) is 4.11. The molecule has 0 bridgehead atoms. The molecule has 1 atom stereocenters. The minimum atomic E-state index is 0.0289. The van der Waals surface area contributed by atoms with Gasteiger partial charge in [-0.15, -0.1) is 0 Å². The second kappa shape index (κ2) is 8.67. The van der Waals surface area contributed by atoms with E-state index in [1.807, 2.05) is 23.1 Å². The largest absolute Gasteiger partial charge is 0.396 e. The maximum absolute atomic E-state index is 12.2. The van der Waals surface area contributed by atoms with Gasteiger partial charge in [-0.05, 0) is 44.1 Å². The minimum absolute atomic E-state index is 0.0289. The number of urea groups is 1. The number of aryl methyl sites for hydroxylation is 1. The molecular formula is C17H26N2O2. The summed E-state index contributed by atoms with van der Waals surface area (Å²) in [5, 5.41) is 12.1. The van der Waals surface area contributed by atoms with Gasteiger partial charge >= 0.3 is 6.03 Å². The zero-order valence-corrected chi connectivity index (χ0v) is 12.6. The van der Waals surface area contributed by atoms with Crippen LogP contribution in [0.15, 0.2) is 30.3 Å². The maximum atomic E-state index is 12.2. The van der Waals surface area contributed by atoms with Crippen molar-refractivity contribution in [2.75, 3.05) is 19.7 Å². The second-order valence-electron chi connectivity index (χ2n) is 5.68. The summed E-state index contributed by atoms with van der Waals surface area (Å²) in [6, 6.07) is 10.6. The van der Waals surface area contributed by atoms with Crippen LogP contribution in [0.4, 0.5) is 4.79 Å². The lowest BCUT2D eigenvalue weighted by Crippen LogP contribution is -2.49. The molecule has 1 heterocycles. The SMILES string of the molecule is O=C(NCCCc1ccccc1)N1CCCC[C@H]1CCO. The van der Waals surface area contributed by atoms with Gasteiger partial charge < -0.3 is 15.3 Å². The van der Waals surface area contributed by atoms with Gasteiger partial charge in [0.25, 0.3) is 0 Å². The van der Waals surface area contributed by atoms with Gasteiger partial charge in [0, 0.05) is 25.7 Å². The lowest BCUT2D eigenvalue weighted by Gasteiger charge is -2.35. The zero-order chi connectivity index (χ0) is 14.9. The summed E-state index contributed by atoms with van der Waals surface area (Å²) in [4.78, 5) is 14.1. The van der Waals surface area contributed by atoms with Crippen molar-refractivity contribution in [3.63, 3.8) is 0 Å². The van der Waals surface area contributed by atoms with E-state index in [0.29, 0.717) is 13.0 Å². The van der Waals surface area contributed by atoms with E-state index in [0.717, 1.165) is 38.6 Å². The smallest absolute Gasteiger partial charge is 0.317 e. The third kappa shape index (κ3) is 5.05. The summed E-state index contributed by atoms with van der Waals surface area (Å²) < 4.78 is 0. The first-order valence-electron chi connectivity index (χ1n) is 8.00. The first kappa shape index (κ1) is 15.8. The Labute approximate surface area is 127 Å². The monoisotopic (exact) mass is 290 g/mol. The van der Waals surface area contributed by atoms with Crippen LogP contribution in [-0.2, 0) is 6.42 Å². The third-order valence-corrected chi connectivity index (χ3v) is 4.11. The molecular weight excluding hydrogens is 264 g/mol. The van der Waals surface area contributed by atoms with Crippen LogP contribution in [0.1, 0.15) is 37.7 Å². The zero-order valence-electron chi connectivity index (χ0n) is 12.6. The fourth-order valence-electron chi connectivity index (χ4n) is 2.95. The summed E-state index contributed by atoms with van der Waals surface area (Å²) in [5.74, 6) is 0. The summed E-state index contributed by atoms with van der Waals surface area (Å²) in [6.45, 7) is 1.67. The predicted octanol–water partition coefficient (Wildman–Crippen LogP) is 2.57. The Balaban J connectivity index is 1.70. The van der Waals surface area contributed by atoms with Crippen molar-refractivity contribution < 1.29 is 9.90 Å².